The van der Waals surface area contributed by atoms with E-state index in [0.717, 1.165) is 16.8 Å². The number of piperidine rings is 1. The van der Waals surface area contributed by atoms with Gasteiger partial charge in [-0.1, -0.05) is 6.07 Å². The van der Waals surface area contributed by atoms with Crippen molar-refractivity contribution in [2.45, 2.75) is 44.0 Å². The highest BCUT2D eigenvalue weighted by Gasteiger charge is 2.31. The molecule has 0 aliphatic carbocycles. The van der Waals surface area contributed by atoms with Crippen LogP contribution < -0.4 is 5.32 Å². The van der Waals surface area contributed by atoms with Crippen LogP contribution in [0.3, 0.4) is 0 Å². The Balaban J connectivity index is 1.36. The fraction of sp³-hybridized carbons (Fsp3) is 0.364. The number of aromatic nitrogens is 2. The number of hydrogen-bond donors (Lipinski definition) is 2. The molecule has 2 aromatic heterocycles. The zero-order chi connectivity index (χ0) is 22.0. The van der Waals surface area contributed by atoms with Crippen LogP contribution in [0.15, 0.2) is 52.0 Å². The number of rotatable bonds is 6. The number of nitrogens with zero attached hydrogens (tertiary/aromatic N) is 2. The quantitative estimate of drug-likeness (QED) is 0.610. The number of benzene rings is 1. The maximum atomic E-state index is 13.0. The zero-order valence-corrected chi connectivity index (χ0v) is 18.4. The molecule has 0 atom stereocenters. The predicted octanol–water partition coefficient (Wildman–Crippen LogP) is 3.12. The summed E-state index contributed by atoms with van der Waals surface area (Å²) in [5.74, 6) is 0.514. The van der Waals surface area contributed by atoms with Gasteiger partial charge in [0.15, 0.2) is 0 Å². The van der Waals surface area contributed by atoms with E-state index in [1.54, 1.807) is 40.9 Å². The summed E-state index contributed by atoms with van der Waals surface area (Å²) in [6.45, 7) is 5.04. The van der Waals surface area contributed by atoms with Crippen LogP contribution in [0.5, 0.6) is 0 Å². The summed E-state index contributed by atoms with van der Waals surface area (Å²) in [5.41, 5.74) is 3.20. The third kappa shape index (κ3) is 4.57. The van der Waals surface area contributed by atoms with Crippen molar-refractivity contribution in [3.8, 4) is 0 Å². The Morgan fingerprint density at radius 2 is 1.97 bits per heavy atom. The van der Waals surface area contributed by atoms with Gasteiger partial charge in [0.2, 0.25) is 10.0 Å². The number of H-pyrrole nitrogens is 1. The average molecular weight is 443 g/mol. The summed E-state index contributed by atoms with van der Waals surface area (Å²) in [5, 5.41) is 9.84. The molecule has 4 rings (SSSR count). The number of carbonyl (C=O) groups is 1. The van der Waals surface area contributed by atoms with E-state index in [0.29, 0.717) is 48.8 Å². The summed E-state index contributed by atoms with van der Waals surface area (Å²) >= 11 is 0. The maximum absolute atomic E-state index is 13.0. The summed E-state index contributed by atoms with van der Waals surface area (Å²) in [6, 6.07) is 10.6. The van der Waals surface area contributed by atoms with Crippen LogP contribution in [0.2, 0.25) is 0 Å². The van der Waals surface area contributed by atoms with Crippen LogP contribution in [0.1, 0.15) is 51.8 Å². The molecule has 0 spiro atoms. The van der Waals surface area contributed by atoms with E-state index in [-0.39, 0.29) is 11.8 Å². The van der Waals surface area contributed by atoms with Crippen LogP contribution in [0.25, 0.3) is 0 Å². The van der Waals surface area contributed by atoms with Crippen molar-refractivity contribution < 1.29 is 17.6 Å². The minimum atomic E-state index is -3.51. The van der Waals surface area contributed by atoms with Gasteiger partial charge in [0.1, 0.15) is 11.5 Å². The maximum Gasteiger partial charge on any atom is 0.272 e. The fourth-order valence-corrected chi connectivity index (χ4v) is 5.32. The molecule has 0 radical (unpaired) electrons. The Morgan fingerprint density at radius 3 is 2.65 bits per heavy atom. The molecule has 3 aromatic rings. The van der Waals surface area contributed by atoms with Crippen molar-refractivity contribution in [1.82, 2.24) is 19.8 Å². The smallest absolute Gasteiger partial charge is 0.272 e. The van der Waals surface area contributed by atoms with E-state index < -0.39 is 10.0 Å². The number of aryl methyl sites for hydroxylation is 2. The summed E-state index contributed by atoms with van der Waals surface area (Å²) in [6.07, 6.45) is 2.89. The molecule has 0 bridgehead atoms. The second-order valence-corrected chi connectivity index (χ2v) is 9.83. The van der Waals surface area contributed by atoms with Gasteiger partial charge in [-0.05, 0) is 68.1 Å². The number of sulfonamides is 1. The van der Waals surface area contributed by atoms with E-state index in [1.807, 2.05) is 19.9 Å². The standard InChI is InChI=1S/C22H26N4O4S/c1-15-5-6-19(12-16(15)2)31(28,29)26-9-7-17(8-10-26)20-13-21(25-24-20)22(27)23-14-18-4-3-11-30-18/h3-6,11-13,17H,7-10,14H2,1-2H3,(H,23,27)(H,24,25). The van der Waals surface area contributed by atoms with Gasteiger partial charge in [0.05, 0.1) is 17.7 Å². The SMILES string of the molecule is Cc1ccc(S(=O)(=O)N2CCC(c3cc(C(=O)NCc4ccco4)n[nH]3)CC2)cc1C. The first-order valence-electron chi connectivity index (χ1n) is 10.3. The Hall–Kier alpha value is -2.91. The Kier molecular flexibility index (Phi) is 5.97. The molecule has 1 aromatic carbocycles. The van der Waals surface area contributed by atoms with Crippen LogP contribution in [0, 0.1) is 13.8 Å². The lowest BCUT2D eigenvalue weighted by Crippen LogP contribution is -2.38. The lowest BCUT2D eigenvalue weighted by molar-refractivity contribution is 0.0943. The van der Waals surface area contributed by atoms with Gasteiger partial charge in [0.25, 0.3) is 5.91 Å². The summed E-state index contributed by atoms with van der Waals surface area (Å²) < 4.78 is 32.8. The minimum absolute atomic E-state index is 0.130. The lowest BCUT2D eigenvalue weighted by atomic mass is 9.94. The molecule has 2 N–H and O–H groups in total. The summed E-state index contributed by atoms with van der Waals surface area (Å²) in [7, 11) is -3.51. The Labute approximate surface area is 181 Å². The third-order valence-corrected chi connectivity index (χ3v) is 7.74. The van der Waals surface area contributed by atoms with Crippen molar-refractivity contribution in [3.05, 3.63) is 70.9 Å². The highest BCUT2D eigenvalue weighted by Crippen LogP contribution is 2.30. The molecular formula is C22H26N4O4S. The lowest BCUT2D eigenvalue weighted by Gasteiger charge is -2.30. The van der Waals surface area contributed by atoms with Crippen molar-refractivity contribution in [1.29, 1.82) is 0 Å². The van der Waals surface area contributed by atoms with E-state index in [1.165, 1.54) is 0 Å². The molecule has 1 amide bonds. The molecule has 1 aliphatic rings. The second-order valence-electron chi connectivity index (χ2n) is 7.89. The number of furan rings is 1. The van der Waals surface area contributed by atoms with Gasteiger partial charge >= 0.3 is 0 Å². The van der Waals surface area contributed by atoms with Gasteiger partial charge in [-0.2, -0.15) is 9.40 Å². The van der Waals surface area contributed by atoms with E-state index in [2.05, 4.69) is 15.5 Å². The second kappa shape index (κ2) is 8.68. The minimum Gasteiger partial charge on any atom is -0.467 e. The number of aromatic amines is 1. The van der Waals surface area contributed by atoms with Crippen LogP contribution in [-0.2, 0) is 16.6 Å². The predicted molar refractivity (Wildman–Crippen MR) is 115 cm³/mol. The molecular weight excluding hydrogens is 416 g/mol. The van der Waals surface area contributed by atoms with Crippen molar-refractivity contribution in [2.24, 2.45) is 0 Å². The van der Waals surface area contributed by atoms with Gasteiger partial charge in [0, 0.05) is 24.7 Å². The van der Waals surface area contributed by atoms with E-state index >= 15 is 0 Å². The normalized spacial score (nSPS) is 15.8. The molecule has 1 fully saturated rings. The number of hydrogen-bond acceptors (Lipinski definition) is 5. The molecule has 9 heteroatoms. The Bertz CT molecular complexity index is 1160. The Morgan fingerprint density at radius 1 is 1.19 bits per heavy atom. The zero-order valence-electron chi connectivity index (χ0n) is 17.6. The average Bonchev–Trinajstić information content (AvgIpc) is 3.46. The fourth-order valence-electron chi connectivity index (χ4n) is 3.76. The molecule has 0 unspecified atom stereocenters. The first-order valence-corrected chi connectivity index (χ1v) is 11.7. The molecule has 1 saturated heterocycles. The molecule has 3 heterocycles. The molecule has 31 heavy (non-hydrogen) atoms. The summed E-state index contributed by atoms with van der Waals surface area (Å²) in [4.78, 5) is 12.6. The molecule has 1 aliphatic heterocycles. The largest absolute Gasteiger partial charge is 0.467 e. The molecule has 0 saturated carbocycles. The molecule has 8 nitrogen and oxygen atoms in total. The first-order chi connectivity index (χ1) is 14.8. The van der Waals surface area contributed by atoms with Gasteiger partial charge in [-0.25, -0.2) is 8.42 Å². The van der Waals surface area contributed by atoms with Gasteiger partial charge in [-0.3, -0.25) is 9.89 Å². The van der Waals surface area contributed by atoms with Crippen LogP contribution >= 0.6 is 0 Å². The van der Waals surface area contributed by atoms with Gasteiger partial charge < -0.3 is 9.73 Å². The number of nitrogens with one attached hydrogen (secondary N) is 2. The number of carbonyl (C=O) groups excluding carboxylic acids is 1. The highest BCUT2D eigenvalue weighted by molar-refractivity contribution is 7.89. The van der Waals surface area contributed by atoms with E-state index in [4.69, 9.17) is 4.42 Å². The first kappa shape index (κ1) is 21.3. The highest BCUT2D eigenvalue weighted by atomic mass is 32.2. The van der Waals surface area contributed by atoms with Crippen molar-refractivity contribution >= 4 is 15.9 Å². The third-order valence-electron chi connectivity index (χ3n) is 5.84. The number of amides is 1. The van der Waals surface area contributed by atoms with Gasteiger partial charge in [-0.15, -0.1) is 0 Å². The topological polar surface area (TPSA) is 108 Å². The van der Waals surface area contributed by atoms with Crippen molar-refractivity contribution in [3.63, 3.8) is 0 Å². The van der Waals surface area contributed by atoms with Crippen LogP contribution in [-0.4, -0.2) is 41.9 Å². The molecule has 164 valence electrons. The van der Waals surface area contributed by atoms with E-state index in [9.17, 15) is 13.2 Å². The monoisotopic (exact) mass is 442 g/mol. The van der Waals surface area contributed by atoms with Crippen molar-refractivity contribution in [2.75, 3.05) is 13.1 Å². The van der Waals surface area contributed by atoms with Crippen LogP contribution in [0.4, 0.5) is 0 Å².